The Bertz CT molecular complexity index is 1190. The van der Waals surface area contributed by atoms with Crippen molar-refractivity contribution in [3.8, 4) is 17.4 Å². The van der Waals surface area contributed by atoms with Gasteiger partial charge in [-0.2, -0.15) is 13.2 Å². The quantitative estimate of drug-likeness (QED) is 0.334. The average Bonchev–Trinajstić information content (AvgIpc) is 3.64. The number of amides is 2. The fourth-order valence-corrected chi connectivity index (χ4v) is 3.02. The molecular formula is C23H23F3N6O4. The van der Waals surface area contributed by atoms with Gasteiger partial charge in [-0.15, -0.1) is 0 Å². The molecule has 0 radical (unpaired) electrons. The van der Waals surface area contributed by atoms with Gasteiger partial charge in [0.2, 0.25) is 11.8 Å². The maximum atomic E-state index is 13.3. The van der Waals surface area contributed by atoms with Crippen LogP contribution >= 0.6 is 0 Å². The first-order valence-corrected chi connectivity index (χ1v) is 10.5. The highest BCUT2D eigenvalue weighted by atomic mass is 19.4. The molecular weight excluding hydrogens is 481 g/mol. The number of alkyl halides is 3. The molecule has 0 bridgehead atoms. The number of benzene rings is 1. The van der Waals surface area contributed by atoms with Gasteiger partial charge in [-0.1, -0.05) is 6.58 Å². The molecule has 2 amide bonds. The number of nitrogens with one attached hydrogen (secondary N) is 2. The lowest BCUT2D eigenvalue weighted by Gasteiger charge is -2.17. The van der Waals surface area contributed by atoms with Gasteiger partial charge < -0.3 is 25.8 Å². The summed E-state index contributed by atoms with van der Waals surface area (Å²) >= 11 is 0. The predicted molar refractivity (Wildman–Crippen MR) is 123 cm³/mol. The minimum atomic E-state index is -4.67. The third-order valence-electron chi connectivity index (χ3n) is 5.12. The van der Waals surface area contributed by atoms with E-state index in [1.54, 1.807) is 0 Å². The van der Waals surface area contributed by atoms with Crippen LogP contribution in [-0.2, 0) is 22.3 Å². The molecule has 2 aromatic rings. The van der Waals surface area contributed by atoms with Crippen LogP contribution in [0.5, 0.6) is 17.4 Å². The summed E-state index contributed by atoms with van der Waals surface area (Å²) in [6.45, 7) is 3.38. The Morgan fingerprint density at radius 2 is 2.03 bits per heavy atom. The van der Waals surface area contributed by atoms with Crippen LogP contribution in [0.15, 0.2) is 60.1 Å². The SMILES string of the molecule is C=CN=C/C(=C\N)C(=O)NC1(C(=O)NCc2cnc(Oc3ccc(OC)cc3C(F)(F)F)cn2)CC1. The molecule has 13 heteroatoms. The minimum Gasteiger partial charge on any atom is -0.497 e. The Morgan fingerprint density at radius 3 is 2.58 bits per heavy atom. The van der Waals surface area contributed by atoms with E-state index < -0.39 is 34.8 Å². The van der Waals surface area contributed by atoms with Crippen molar-refractivity contribution in [1.82, 2.24) is 20.6 Å². The van der Waals surface area contributed by atoms with Gasteiger partial charge in [-0.3, -0.25) is 19.6 Å². The van der Waals surface area contributed by atoms with E-state index in [1.807, 2.05) is 0 Å². The van der Waals surface area contributed by atoms with Crippen LogP contribution in [0.4, 0.5) is 13.2 Å². The molecule has 0 aliphatic heterocycles. The van der Waals surface area contributed by atoms with Gasteiger partial charge in [0, 0.05) is 18.6 Å². The van der Waals surface area contributed by atoms with Gasteiger partial charge in [0.05, 0.1) is 37.3 Å². The Labute approximate surface area is 204 Å². The van der Waals surface area contributed by atoms with Crippen molar-refractivity contribution in [3.63, 3.8) is 0 Å². The second kappa shape index (κ2) is 10.9. The van der Waals surface area contributed by atoms with Crippen molar-refractivity contribution in [3.05, 3.63) is 66.4 Å². The maximum Gasteiger partial charge on any atom is 0.420 e. The summed E-state index contributed by atoms with van der Waals surface area (Å²) in [6.07, 6.45) is 2.11. The number of carbonyl (C=O) groups is 2. The first kappa shape index (κ1) is 26.2. The van der Waals surface area contributed by atoms with Gasteiger partial charge in [0.15, 0.2) is 0 Å². The molecule has 36 heavy (non-hydrogen) atoms. The molecule has 1 aromatic carbocycles. The summed E-state index contributed by atoms with van der Waals surface area (Å²) < 4.78 is 50.2. The normalized spacial score (nSPS) is 14.7. The minimum absolute atomic E-state index is 0.0247. The molecule has 4 N–H and O–H groups in total. The number of methoxy groups -OCH3 is 1. The number of hydrogen-bond acceptors (Lipinski definition) is 8. The number of aliphatic imine (C=N–C) groups is 1. The zero-order valence-corrected chi connectivity index (χ0v) is 19.1. The highest BCUT2D eigenvalue weighted by Gasteiger charge is 2.51. The molecule has 1 heterocycles. The fraction of sp³-hybridized carbons (Fsp3) is 0.261. The number of aromatic nitrogens is 2. The lowest BCUT2D eigenvalue weighted by Crippen LogP contribution is -2.49. The molecule has 190 valence electrons. The van der Waals surface area contributed by atoms with Crippen LogP contribution in [-0.4, -0.2) is 40.6 Å². The molecule has 0 atom stereocenters. The Morgan fingerprint density at radius 1 is 1.28 bits per heavy atom. The molecule has 10 nitrogen and oxygen atoms in total. The topological polar surface area (TPSA) is 141 Å². The number of nitrogens with two attached hydrogens (primary N) is 1. The maximum absolute atomic E-state index is 13.3. The molecule has 1 aromatic heterocycles. The van der Waals surface area contributed by atoms with Crippen molar-refractivity contribution in [2.75, 3.05) is 7.11 Å². The summed E-state index contributed by atoms with van der Waals surface area (Å²) in [5, 5.41) is 5.30. The number of carbonyl (C=O) groups excluding carboxylic acids is 2. The number of halogens is 3. The number of ether oxygens (including phenoxy) is 2. The zero-order chi connectivity index (χ0) is 26.3. The van der Waals surface area contributed by atoms with E-state index in [0.29, 0.717) is 18.5 Å². The van der Waals surface area contributed by atoms with Crippen LogP contribution in [0.1, 0.15) is 24.1 Å². The molecule has 1 aliphatic rings. The summed E-state index contributed by atoms with van der Waals surface area (Å²) in [5.41, 5.74) is 3.72. The van der Waals surface area contributed by atoms with Crippen LogP contribution in [0.3, 0.4) is 0 Å². The first-order valence-electron chi connectivity index (χ1n) is 10.5. The van der Waals surface area contributed by atoms with E-state index in [2.05, 4.69) is 32.2 Å². The molecule has 1 aliphatic carbocycles. The second-order valence-corrected chi connectivity index (χ2v) is 7.61. The van der Waals surface area contributed by atoms with Crippen molar-refractivity contribution < 1.29 is 32.2 Å². The third-order valence-corrected chi connectivity index (χ3v) is 5.12. The molecule has 3 rings (SSSR count). The smallest absolute Gasteiger partial charge is 0.420 e. The second-order valence-electron chi connectivity index (χ2n) is 7.61. The molecule has 0 saturated heterocycles. The number of rotatable bonds is 10. The van der Waals surface area contributed by atoms with E-state index >= 15 is 0 Å². The van der Waals surface area contributed by atoms with Gasteiger partial charge in [0.1, 0.15) is 22.6 Å². The van der Waals surface area contributed by atoms with Gasteiger partial charge in [-0.25, -0.2) is 4.98 Å². The van der Waals surface area contributed by atoms with Crippen molar-refractivity contribution in [2.24, 2.45) is 10.7 Å². The summed E-state index contributed by atoms with van der Waals surface area (Å²) in [7, 11) is 1.26. The monoisotopic (exact) mass is 504 g/mol. The molecule has 0 unspecified atom stereocenters. The Kier molecular flexibility index (Phi) is 7.92. The fourth-order valence-electron chi connectivity index (χ4n) is 3.02. The van der Waals surface area contributed by atoms with Crippen molar-refractivity contribution >= 4 is 18.0 Å². The van der Waals surface area contributed by atoms with Crippen LogP contribution < -0.4 is 25.8 Å². The van der Waals surface area contributed by atoms with E-state index in [4.69, 9.17) is 15.2 Å². The van der Waals surface area contributed by atoms with Crippen LogP contribution in [0.25, 0.3) is 0 Å². The largest absolute Gasteiger partial charge is 0.497 e. The average molecular weight is 504 g/mol. The number of hydrogen-bond donors (Lipinski definition) is 3. The lowest BCUT2D eigenvalue weighted by molar-refractivity contribution is -0.138. The van der Waals surface area contributed by atoms with E-state index in [-0.39, 0.29) is 23.7 Å². The Hall–Kier alpha value is -4.42. The highest BCUT2D eigenvalue weighted by Crippen LogP contribution is 2.40. The lowest BCUT2D eigenvalue weighted by atomic mass is 10.2. The van der Waals surface area contributed by atoms with Gasteiger partial charge >= 0.3 is 6.18 Å². The van der Waals surface area contributed by atoms with Crippen LogP contribution in [0, 0.1) is 0 Å². The van der Waals surface area contributed by atoms with Crippen molar-refractivity contribution in [2.45, 2.75) is 31.1 Å². The zero-order valence-electron chi connectivity index (χ0n) is 19.1. The highest BCUT2D eigenvalue weighted by molar-refractivity contribution is 6.13. The molecule has 1 fully saturated rings. The van der Waals surface area contributed by atoms with Crippen LogP contribution in [0.2, 0.25) is 0 Å². The number of nitrogens with zero attached hydrogens (tertiary/aromatic N) is 3. The van der Waals surface area contributed by atoms with E-state index in [0.717, 1.165) is 24.5 Å². The summed E-state index contributed by atoms with van der Waals surface area (Å²) in [6, 6.07) is 3.26. The molecule has 0 spiro atoms. The predicted octanol–water partition coefficient (Wildman–Crippen LogP) is 2.62. The van der Waals surface area contributed by atoms with E-state index in [1.165, 1.54) is 31.8 Å². The van der Waals surface area contributed by atoms with Gasteiger partial charge in [-0.05, 0) is 31.0 Å². The Balaban J connectivity index is 1.60. The third kappa shape index (κ3) is 6.37. The van der Waals surface area contributed by atoms with E-state index in [9.17, 15) is 22.8 Å². The van der Waals surface area contributed by atoms with Crippen molar-refractivity contribution in [1.29, 1.82) is 0 Å². The summed E-state index contributed by atoms with van der Waals surface area (Å²) in [5.74, 6) is -1.60. The standard InChI is InChI=1S/C23H23F3N6O4/c1-3-28-10-14(9-27)20(33)32-22(6-7-22)21(34)31-12-15-11-30-19(13-29-15)36-18-5-4-16(35-2)8-17(18)23(24,25)26/h3-5,8-11,13H,1,6-7,12,27H2,2H3,(H,31,34)(H,32,33)/b14-9+,28-10?. The summed E-state index contributed by atoms with van der Waals surface area (Å²) in [4.78, 5) is 36.7. The van der Waals surface area contributed by atoms with Gasteiger partial charge in [0.25, 0.3) is 5.91 Å². The molecule has 1 saturated carbocycles. The first-order chi connectivity index (χ1) is 17.1.